The van der Waals surface area contributed by atoms with Crippen LogP contribution in [0, 0.1) is 0 Å². The molecule has 0 aliphatic carbocycles. The lowest BCUT2D eigenvalue weighted by molar-refractivity contribution is 0.591. The molecule has 0 spiro atoms. The molecule has 0 aliphatic heterocycles. The molecule has 7 rings (SSSR count). The van der Waals surface area contributed by atoms with Crippen molar-refractivity contribution in [3.05, 3.63) is 146 Å². The molecule has 0 heteroatoms. The zero-order chi connectivity index (χ0) is 28.6. The molecule has 0 aromatic heterocycles. The summed E-state index contributed by atoms with van der Waals surface area (Å²) >= 11 is 0. The van der Waals surface area contributed by atoms with E-state index in [0.29, 0.717) is 0 Å². The SMILES string of the molecule is C=CC.CC(C)(C)c1ccc2c(-c3ccc4ccccc4c3)c3ccccc3c(-c3ccc4ccccc4c3)c2c1. The third-order valence-corrected chi connectivity index (χ3v) is 7.97. The fraction of sp³-hybridized carbons (Fsp3) is 0.122. The Labute approximate surface area is 243 Å². The lowest BCUT2D eigenvalue weighted by Gasteiger charge is -2.23. The minimum absolute atomic E-state index is 0.0591. The van der Waals surface area contributed by atoms with Gasteiger partial charge in [-0.2, -0.15) is 0 Å². The molecular weight excluding hydrogens is 492 g/mol. The van der Waals surface area contributed by atoms with Crippen molar-refractivity contribution in [2.45, 2.75) is 33.1 Å². The van der Waals surface area contributed by atoms with E-state index in [1.165, 1.54) is 70.9 Å². The summed E-state index contributed by atoms with van der Waals surface area (Å²) in [6, 6.07) is 47.2. The summed E-state index contributed by atoms with van der Waals surface area (Å²) in [5, 5.41) is 10.3. The Morgan fingerprint density at radius 2 is 0.878 bits per heavy atom. The minimum Gasteiger partial charge on any atom is -0.103 e. The van der Waals surface area contributed by atoms with E-state index < -0.39 is 0 Å². The van der Waals surface area contributed by atoms with Crippen molar-refractivity contribution >= 4 is 43.1 Å². The maximum Gasteiger partial charge on any atom is -0.00260 e. The van der Waals surface area contributed by atoms with E-state index in [4.69, 9.17) is 0 Å². The van der Waals surface area contributed by atoms with Crippen LogP contribution in [0.3, 0.4) is 0 Å². The maximum atomic E-state index is 3.36. The van der Waals surface area contributed by atoms with Gasteiger partial charge in [-0.3, -0.25) is 0 Å². The standard InChI is InChI=1S/C38H30.C3H6/c1-38(2,3)31-20-21-34-35(24-31)37(30-19-17-26-11-5-7-13-28(26)23-30)33-15-9-8-14-32(33)36(34)29-18-16-25-10-4-6-12-27(25)22-29;1-3-2/h4-24H,1-3H3;3H,1H2,2H3. The lowest BCUT2D eigenvalue weighted by atomic mass is 9.81. The predicted molar refractivity (Wildman–Crippen MR) is 182 cm³/mol. The zero-order valence-corrected chi connectivity index (χ0v) is 24.4. The van der Waals surface area contributed by atoms with Crippen molar-refractivity contribution in [2.75, 3.05) is 0 Å². The first-order valence-corrected chi connectivity index (χ1v) is 14.4. The van der Waals surface area contributed by atoms with Gasteiger partial charge in [0.2, 0.25) is 0 Å². The van der Waals surface area contributed by atoms with Crippen molar-refractivity contribution in [3.8, 4) is 22.3 Å². The molecule has 0 unspecified atom stereocenters. The largest absolute Gasteiger partial charge is 0.103 e. The topological polar surface area (TPSA) is 0 Å². The second kappa shape index (κ2) is 10.7. The molecule has 0 amide bonds. The van der Waals surface area contributed by atoms with Crippen LogP contribution in [0.1, 0.15) is 33.3 Å². The highest BCUT2D eigenvalue weighted by Crippen LogP contribution is 2.45. The summed E-state index contributed by atoms with van der Waals surface area (Å²) in [6.07, 6.45) is 1.75. The molecule has 7 aromatic carbocycles. The van der Waals surface area contributed by atoms with E-state index in [-0.39, 0.29) is 5.41 Å². The van der Waals surface area contributed by atoms with E-state index in [1.54, 1.807) is 6.08 Å². The van der Waals surface area contributed by atoms with E-state index >= 15 is 0 Å². The number of rotatable bonds is 2. The van der Waals surface area contributed by atoms with Crippen LogP contribution in [0.15, 0.2) is 140 Å². The van der Waals surface area contributed by atoms with Crippen LogP contribution in [0.5, 0.6) is 0 Å². The molecule has 200 valence electrons. The normalized spacial score (nSPS) is 11.5. The van der Waals surface area contributed by atoms with E-state index in [2.05, 4.69) is 155 Å². The van der Waals surface area contributed by atoms with Gasteiger partial charge in [0.15, 0.2) is 0 Å². The van der Waals surface area contributed by atoms with Crippen LogP contribution >= 0.6 is 0 Å². The molecule has 0 saturated carbocycles. The second-order valence-corrected chi connectivity index (χ2v) is 11.8. The zero-order valence-electron chi connectivity index (χ0n) is 24.4. The van der Waals surface area contributed by atoms with Crippen LogP contribution in [0.4, 0.5) is 0 Å². The van der Waals surface area contributed by atoms with Crippen molar-refractivity contribution in [1.29, 1.82) is 0 Å². The first kappa shape index (κ1) is 26.5. The first-order valence-electron chi connectivity index (χ1n) is 14.4. The van der Waals surface area contributed by atoms with Crippen LogP contribution < -0.4 is 0 Å². The smallest absolute Gasteiger partial charge is 0.00260 e. The van der Waals surface area contributed by atoms with Gasteiger partial charge >= 0.3 is 0 Å². The van der Waals surface area contributed by atoms with Gasteiger partial charge in [-0.05, 0) is 101 Å². The van der Waals surface area contributed by atoms with Gasteiger partial charge in [-0.25, -0.2) is 0 Å². The Morgan fingerprint density at radius 3 is 1.37 bits per heavy atom. The van der Waals surface area contributed by atoms with Crippen LogP contribution in [-0.4, -0.2) is 0 Å². The van der Waals surface area contributed by atoms with Gasteiger partial charge in [0, 0.05) is 0 Å². The molecule has 0 radical (unpaired) electrons. The summed E-state index contributed by atoms with van der Waals surface area (Å²) in [6.45, 7) is 12.2. The highest BCUT2D eigenvalue weighted by Gasteiger charge is 2.20. The molecule has 0 nitrogen and oxygen atoms in total. The quantitative estimate of drug-likeness (QED) is 0.155. The van der Waals surface area contributed by atoms with Gasteiger partial charge in [0.25, 0.3) is 0 Å². The molecule has 0 N–H and O–H groups in total. The number of hydrogen-bond donors (Lipinski definition) is 0. The number of allylic oxidation sites excluding steroid dienone is 1. The average molecular weight is 529 g/mol. The van der Waals surface area contributed by atoms with Gasteiger partial charge < -0.3 is 0 Å². The number of fused-ring (bicyclic) bond motifs is 4. The Hall–Kier alpha value is -4.68. The molecule has 7 aromatic rings. The third-order valence-electron chi connectivity index (χ3n) is 7.97. The van der Waals surface area contributed by atoms with Crippen LogP contribution in [0.25, 0.3) is 65.3 Å². The highest BCUT2D eigenvalue weighted by atomic mass is 14.2. The molecule has 0 heterocycles. The second-order valence-electron chi connectivity index (χ2n) is 11.8. The lowest BCUT2D eigenvalue weighted by Crippen LogP contribution is -2.10. The Morgan fingerprint density at radius 1 is 0.463 bits per heavy atom. The third kappa shape index (κ3) is 4.92. The van der Waals surface area contributed by atoms with Gasteiger partial charge in [-0.15, -0.1) is 6.58 Å². The predicted octanol–water partition coefficient (Wildman–Crippen LogP) is 12.1. The van der Waals surface area contributed by atoms with Crippen molar-refractivity contribution in [3.63, 3.8) is 0 Å². The minimum atomic E-state index is 0.0591. The average Bonchev–Trinajstić information content (AvgIpc) is 2.99. The van der Waals surface area contributed by atoms with Gasteiger partial charge in [-0.1, -0.05) is 136 Å². The summed E-state index contributed by atoms with van der Waals surface area (Å²) in [4.78, 5) is 0. The summed E-state index contributed by atoms with van der Waals surface area (Å²) < 4.78 is 0. The fourth-order valence-corrected chi connectivity index (χ4v) is 5.96. The summed E-state index contributed by atoms with van der Waals surface area (Å²) in [5.74, 6) is 0. The molecule has 0 atom stereocenters. The fourth-order valence-electron chi connectivity index (χ4n) is 5.96. The molecule has 0 fully saturated rings. The van der Waals surface area contributed by atoms with Crippen molar-refractivity contribution in [1.82, 2.24) is 0 Å². The molecular formula is C41H36. The molecule has 0 aliphatic rings. The van der Waals surface area contributed by atoms with E-state index in [9.17, 15) is 0 Å². The van der Waals surface area contributed by atoms with Crippen LogP contribution in [-0.2, 0) is 5.41 Å². The van der Waals surface area contributed by atoms with Crippen molar-refractivity contribution < 1.29 is 0 Å². The van der Waals surface area contributed by atoms with Crippen LogP contribution in [0.2, 0.25) is 0 Å². The first-order chi connectivity index (χ1) is 19.9. The van der Waals surface area contributed by atoms with E-state index in [1.807, 2.05) is 6.92 Å². The summed E-state index contributed by atoms with van der Waals surface area (Å²) in [5.41, 5.74) is 6.57. The Kier molecular flexibility index (Phi) is 6.93. The highest BCUT2D eigenvalue weighted by molar-refractivity contribution is 6.22. The monoisotopic (exact) mass is 528 g/mol. The number of benzene rings is 7. The number of hydrogen-bond acceptors (Lipinski definition) is 0. The maximum absolute atomic E-state index is 3.36. The molecule has 41 heavy (non-hydrogen) atoms. The van der Waals surface area contributed by atoms with E-state index in [0.717, 1.165) is 0 Å². The van der Waals surface area contributed by atoms with Gasteiger partial charge in [0.05, 0.1) is 0 Å². The van der Waals surface area contributed by atoms with Gasteiger partial charge in [0.1, 0.15) is 0 Å². The Balaban J connectivity index is 0.000000967. The Bertz CT molecular complexity index is 2050. The summed E-state index contributed by atoms with van der Waals surface area (Å²) in [7, 11) is 0. The molecule has 0 saturated heterocycles. The molecule has 0 bridgehead atoms. The van der Waals surface area contributed by atoms with Crippen molar-refractivity contribution in [2.24, 2.45) is 0 Å².